The van der Waals surface area contributed by atoms with Gasteiger partial charge in [0, 0.05) is 16.5 Å². The Balaban J connectivity index is 2.23. The molecule has 0 bridgehead atoms. The van der Waals surface area contributed by atoms with Gasteiger partial charge in [-0.25, -0.2) is 0 Å². The van der Waals surface area contributed by atoms with Crippen molar-refractivity contribution in [2.75, 3.05) is 7.11 Å². The minimum atomic E-state index is 0.315. The van der Waals surface area contributed by atoms with E-state index in [1.807, 2.05) is 24.3 Å². The van der Waals surface area contributed by atoms with E-state index in [-0.39, 0.29) is 0 Å². The van der Waals surface area contributed by atoms with Crippen molar-refractivity contribution < 1.29 is 9.47 Å². The second-order valence-corrected chi connectivity index (χ2v) is 5.20. The molecule has 0 aliphatic carbocycles. The second kappa shape index (κ2) is 7.07. The summed E-state index contributed by atoms with van der Waals surface area (Å²) in [7, 11) is 1.56. The molecule has 0 radical (unpaired) electrons. The number of hydrogen-bond donors (Lipinski definition) is 0. The van der Waals surface area contributed by atoms with Gasteiger partial charge in [-0.3, -0.25) is 0 Å². The lowest BCUT2D eigenvalue weighted by molar-refractivity contribution is 0.284. The van der Waals surface area contributed by atoms with Crippen molar-refractivity contribution in [3.05, 3.63) is 57.6 Å². The number of hydrogen-bond acceptors (Lipinski definition) is 2. The number of ether oxygens (including phenoxy) is 2. The van der Waals surface area contributed by atoms with Crippen LogP contribution in [0, 0.1) is 0 Å². The molecule has 0 aliphatic rings. The Labute approximate surface area is 133 Å². The molecule has 0 unspecified atom stereocenters. The summed E-state index contributed by atoms with van der Waals surface area (Å²) in [4.78, 5) is 0. The molecule has 20 heavy (non-hydrogen) atoms. The van der Waals surface area contributed by atoms with Crippen molar-refractivity contribution in [2.24, 2.45) is 0 Å². The maximum Gasteiger partial charge on any atom is 0.180 e. The van der Waals surface area contributed by atoms with Crippen molar-refractivity contribution in [1.82, 2.24) is 0 Å². The highest BCUT2D eigenvalue weighted by atomic mass is 35.5. The van der Waals surface area contributed by atoms with Crippen LogP contribution in [0.2, 0.25) is 10.0 Å². The zero-order chi connectivity index (χ0) is 14.5. The predicted octanol–water partition coefficient (Wildman–Crippen LogP) is 5.32. The van der Waals surface area contributed by atoms with E-state index in [4.69, 9.17) is 44.3 Å². The van der Waals surface area contributed by atoms with Gasteiger partial charge in [0.25, 0.3) is 0 Å². The van der Waals surface area contributed by atoms with E-state index in [1.165, 1.54) is 0 Å². The fourth-order valence-electron chi connectivity index (χ4n) is 1.76. The first-order chi connectivity index (χ1) is 9.65. The average Bonchev–Trinajstić information content (AvgIpc) is 2.46. The van der Waals surface area contributed by atoms with Gasteiger partial charge in [0.15, 0.2) is 11.5 Å². The lowest BCUT2D eigenvalue weighted by atomic mass is 10.2. The van der Waals surface area contributed by atoms with E-state index in [2.05, 4.69) is 0 Å². The molecule has 2 aromatic carbocycles. The van der Waals surface area contributed by atoms with E-state index in [9.17, 15) is 0 Å². The molecule has 2 rings (SSSR count). The van der Waals surface area contributed by atoms with Crippen LogP contribution in [0.15, 0.2) is 36.4 Å². The Morgan fingerprint density at radius 1 is 1.05 bits per heavy atom. The molecule has 2 nitrogen and oxygen atoms in total. The Kier molecular flexibility index (Phi) is 5.41. The van der Waals surface area contributed by atoms with Crippen LogP contribution < -0.4 is 9.47 Å². The Morgan fingerprint density at radius 3 is 2.45 bits per heavy atom. The minimum Gasteiger partial charge on any atom is -0.493 e. The van der Waals surface area contributed by atoms with Crippen LogP contribution in [0.4, 0.5) is 0 Å². The molecule has 0 aliphatic heterocycles. The number of halogens is 3. The molecule has 0 saturated heterocycles. The summed E-state index contributed by atoms with van der Waals surface area (Å²) >= 11 is 18.1. The summed E-state index contributed by atoms with van der Waals surface area (Å²) in [6, 6.07) is 11.1. The number of benzene rings is 2. The Morgan fingerprint density at radius 2 is 1.80 bits per heavy atom. The quantitative estimate of drug-likeness (QED) is 0.690. The molecule has 0 aromatic heterocycles. The van der Waals surface area contributed by atoms with Crippen molar-refractivity contribution >= 4 is 34.8 Å². The topological polar surface area (TPSA) is 18.5 Å². The van der Waals surface area contributed by atoms with Gasteiger partial charge in [-0.05, 0) is 23.8 Å². The molecular formula is C15H13Cl3O2. The van der Waals surface area contributed by atoms with Gasteiger partial charge in [0.05, 0.1) is 12.1 Å². The highest BCUT2D eigenvalue weighted by Gasteiger charge is 2.12. The SMILES string of the molecule is COc1cc(CCl)cc(Cl)c1OCc1ccccc1Cl. The molecule has 2 aromatic rings. The van der Waals surface area contributed by atoms with Gasteiger partial charge in [0.1, 0.15) is 6.61 Å². The van der Waals surface area contributed by atoms with Gasteiger partial charge >= 0.3 is 0 Å². The fourth-order valence-corrected chi connectivity index (χ4v) is 2.39. The number of alkyl halides is 1. The second-order valence-electron chi connectivity index (χ2n) is 4.12. The van der Waals surface area contributed by atoms with E-state index >= 15 is 0 Å². The number of methoxy groups -OCH3 is 1. The van der Waals surface area contributed by atoms with Gasteiger partial charge in [0.2, 0.25) is 0 Å². The fraction of sp³-hybridized carbons (Fsp3) is 0.200. The zero-order valence-corrected chi connectivity index (χ0v) is 13.1. The molecule has 0 spiro atoms. The van der Waals surface area contributed by atoms with Gasteiger partial charge in [-0.15, -0.1) is 11.6 Å². The third-order valence-corrected chi connectivity index (χ3v) is 3.73. The van der Waals surface area contributed by atoms with Crippen molar-refractivity contribution in [3.63, 3.8) is 0 Å². The van der Waals surface area contributed by atoms with Crippen LogP contribution in [0.3, 0.4) is 0 Å². The maximum atomic E-state index is 6.20. The Bertz CT molecular complexity index is 600. The van der Waals surface area contributed by atoms with Gasteiger partial charge in [-0.2, -0.15) is 0 Å². The van der Waals surface area contributed by atoms with Crippen LogP contribution in [0.25, 0.3) is 0 Å². The zero-order valence-electron chi connectivity index (χ0n) is 10.8. The van der Waals surface area contributed by atoms with E-state index in [0.29, 0.717) is 34.0 Å². The summed E-state index contributed by atoms with van der Waals surface area (Å²) in [6.07, 6.45) is 0. The molecule has 0 heterocycles. The highest BCUT2D eigenvalue weighted by molar-refractivity contribution is 6.32. The average molecular weight is 332 g/mol. The minimum absolute atomic E-state index is 0.315. The van der Waals surface area contributed by atoms with Crippen LogP contribution in [-0.4, -0.2) is 7.11 Å². The lowest BCUT2D eigenvalue weighted by Gasteiger charge is -2.14. The predicted molar refractivity (Wildman–Crippen MR) is 83.3 cm³/mol. The summed E-state index contributed by atoms with van der Waals surface area (Å²) in [5.41, 5.74) is 1.76. The first kappa shape index (κ1) is 15.3. The smallest absolute Gasteiger partial charge is 0.180 e. The highest BCUT2D eigenvalue weighted by Crippen LogP contribution is 2.37. The normalized spacial score (nSPS) is 10.4. The number of rotatable bonds is 5. The van der Waals surface area contributed by atoms with Crippen LogP contribution in [0.1, 0.15) is 11.1 Å². The summed E-state index contributed by atoms with van der Waals surface area (Å²) in [6.45, 7) is 0.315. The van der Waals surface area contributed by atoms with Gasteiger partial charge < -0.3 is 9.47 Å². The molecule has 0 saturated carbocycles. The molecule has 0 atom stereocenters. The third-order valence-electron chi connectivity index (χ3n) is 2.77. The van der Waals surface area contributed by atoms with E-state index in [1.54, 1.807) is 19.2 Å². The van der Waals surface area contributed by atoms with Crippen molar-refractivity contribution in [3.8, 4) is 11.5 Å². The van der Waals surface area contributed by atoms with Crippen LogP contribution in [-0.2, 0) is 12.5 Å². The first-order valence-electron chi connectivity index (χ1n) is 5.94. The van der Waals surface area contributed by atoms with Crippen molar-refractivity contribution in [2.45, 2.75) is 12.5 Å². The maximum absolute atomic E-state index is 6.20. The first-order valence-corrected chi connectivity index (χ1v) is 7.23. The largest absolute Gasteiger partial charge is 0.493 e. The van der Waals surface area contributed by atoms with E-state index < -0.39 is 0 Å². The Hall–Kier alpha value is -1.09. The van der Waals surface area contributed by atoms with Gasteiger partial charge in [-0.1, -0.05) is 41.4 Å². The van der Waals surface area contributed by atoms with Crippen LogP contribution in [0.5, 0.6) is 11.5 Å². The molecule has 5 heteroatoms. The monoisotopic (exact) mass is 330 g/mol. The molecular weight excluding hydrogens is 319 g/mol. The van der Waals surface area contributed by atoms with E-state index in [0.717, 1.165) is 11.1 Å². The third kappa shape index (κ3) is 3.51. The standard InChI is InChI=1S/C15H13Cl3O2/c1-19-14-7-10(8-16)6-13(18)15(14)20-9-11-4-2-3-5-12(11)17/h2-7H,8-9H2,1H3. The summed E-state index contributed by atoms with van der Waals surface area (Å²) < 4.78 is 11.0. The lowest BCUT2D eigenvalue weighted by Crippen LogP contribution is -1.99. The molecule has 106 valence electrons. The molecule has 0 amide bonds. The summed E-state index contributed by atoms with van der Waals surface area (Å²) in [5.74, 6) is 1.41. The van der Waals surface area contributed by atoms with Crippen LogP contribution >= 0.6 is 34.8 Å². The molecule has 0 fully saturated rings. The van der Waals surface area contributed by atoms with Crippen molar-refractivity contribution in [1.29, 1.82) is 0 Å². The summed E-state index contributed by atoms with van der Waals surface area (Å²) in [5, 5.41) is 1.12. The molecule has 0 N–H and O–H groups in total.